The van der Waals surface area contributed by atoms with Crippen LogP contribution in [0.3, 0.4) is 0 Å². The maximum Gasteiger partial charge on any atom is 0.254 e. The van der Waals surface area contributed by atoms with Crippen LogP contribution in [-0.2, 0) is 0 Å². The minimum absolute atomic E-state index is 0.215. The van der Waals surface area contributed by atoms with Gasteiger partial charge in [-0.05, 0) is 71.3 Å². The number of aryl methyl sites for hydroxylation is 2. The fourth-order valence-corrected chi connectivity index (χ4v) is 3.23. The first-order chi connectivity index (χ1) is 12.6. The second kappa shape index (κ2) is 9.43. The second-order valence-electron chi connectivity index (χ2n) is 5.84. The van der Waals surface area contributed by atoms with E-state index < -0.39 is 15.9 Å². The Morgan fingerprint density at radius 2 is 1.78 bits per heavy atom. The number of carbonyl (C=O) groups excluding carboxylic acids is 1. The molecule has 0 aliphatic heterocycles. The van der Waals surface area contributed by atoms with Crippen LogP contribution in [0.2, 0.25) is 0 Å². The van der Waals surface area contributed by atoms with Crippen LogP contribution < -0.4 is 16.0 Å². The molecule has 2 aromatic carbocycles. The number of carbonyl (C=O) groups is 1. The Morgan fingerprint density at radius 3 is 2.41 bits per heavy atom. The van der Waals surface area contributed by atoms with Crippen molar-refractivity contribution < 1.29 is 4.79 Å². The highest BCUT2D eigenvalue weighted by Crippen LogP contribution is 2.30. The smallest absolute Gasteiger partial charge is 0.254 e. The third-order valence-corrected chi connectivity index (χ3v) is 5.20. The molecule has 27 heavy (non-hydrogen) atoms. The van der Waals surface area contributed by atoms with Crippen molar-refractivity contribution >= 4 is 79.7 Å². The van der Waals surface area contributed by atoms with Gasteiger partial charge in [0, 0.05) is 10.2 Å². The Labute approximate surface area is 187 Å². The number of benzene rings is 2. The Hall–Kier alpha value is -1.05. The van der Waals surface area contributed by atoms with Gasteiger partial charge in [0.15, 0.2) is 5.11 Å². The zero-order valence-corrected chi connectivity index (χ0v) is 19.1. The monoisotopic (exact) mass is 507 g/mol. The summed E-state index contributed by atoms with van der Waals surface area (Å²) in [6.45, 7) is 3.93. The van der Waals surface area contributed by atoms with E-state index in [0.717, 1.165) is 16.8 Å². The van der Waals surface area contributed by atoms with E-state index in [1.165, 1.54) is 0 Å². The molecule has 0 saturated carbocycles. The Morgan fingerprint density at radius 1 is 1.11 bits per heavy atom. The van der Waals surface area contributed by atoms with Crippen LogP contribution in [0.15, 0.2) is 46.9 Å². The Bertz CT molecular complexity index is 858. The molecule has 0 aliphatic rings. The van der Waals surface area contributed by atoms with Crippen LogP contribution in [0.4, 0.5) is 5.69 Å². The lowest BCUT2D eigenvalue weighted by atomic mass is 10.1. The molecule has 0 fully saturated rings. The van der Waals surface area contributed by atoms with Gasteiger partial charge in [-0.2, -0.15) is 0 Å². The van der Waals surface area contributed by atoms with Crippen LogP contribution in [-0.4, -0.2) is 21.0 Å². The number of alkyl halides is 3. The lowest BCUT2D eigenvalue weighted by Crippen LogP contribution is -2.56. The van der Waals surface area contributed by atoms with Gasteiger partial charge in [0.2, 0.25) is 3.79 Å². The number of anilines is 1. The van der Waals surface area contributed by atoms with E-state index in [-0.39, 0.29) is 5.11 Å². The van der Waals surface area contributed by atoms with Gasteiger partial charge in [-0.15, -0.1) is 0 Å². The molecule has 9 heteroatoms. The van der Waals surface area contributed by atoms with Gasteiger partial charge >= 0.3 is 0 Å². The highest BCUT2D eigenvalue weighted by Gasteiger charge is 2.35. The van der Waals surface area contributed by atoms with Gasteiger partial charge in [0.25, 0.3) is 5.91 Å². The summed E-state index contributed by atoms with van der Waals surface area (Å²) < 4.78 is -1.20. The van der Waals surface area contributed by atoms with E-state index in [2.05, 4.69) is 31.9 Å². The molecule has 2 aromatic rings. The van der Waals surface area contributed by atoms with Gasteiger partial charge in [0.05, 0.1) is 5.56 Å². The largest absolute Gasteiger partial charge is 0.339 e. The average Bonchev–Trinajstić information content (AvgIpc) is 2.57. The molecule has 3 N–H and O–H groups in total. The summed E-state index contributed by atoms with van der Waals surface area (Å²) in [6.07, 6.45) is -1.05. The fourth-order valence-electron chi connectivity index (χ4n) is 2.21. The summed E-state index contributed by atoms with van der Waals surface area (Å²) in [5, 5.41) is 8.78. The van der Waals surface area contributed by atoms with Crippen LogP contribution in [0, 0.1) is 13.8 Å². The molecule has 1 unspecified atom stereocenters. The number of thiocarbonyl (C=S) groups is 1. The maximum atomic E-state index is 12.5. The van der Waals surface area contributed by atoms with E-state index in [9.17, 15) is 4.79 Å². The lowest BCUT2D eigenvalue weighted by molar-refractivity contribution is 0.0934. The Balaban J connectivity index is 2.12. The summed E-state index contributed by atoms with van der Waals surface area (Å²) in [5.41, 5.74) is 3.32. The molecule has 0 heterocycles. The van der Waals surface area contributed by atoms with Crippen LogP contribution >= 0.6 is 63.0 Å². The number of amides is 1. The molecule has 2 rings (SSSR count). The van der Waals surface area contributed by atoms with Gasteiger partial charge in [-0.1, -0.05) is 59.1 Å². The van der Waals surface area contributed by atoms with E-state index >= 15 is 0 Å². The highest BCUT2D eigenvalue weighted by atomic mass is 79.9. The minimum Gasteiger partial charge on any atom is -0.339 e. The van der Waals surface area contributed by atoms with Crippen molar-refractivity contribution in [3.63, 3.8) is 0 Å². The summed E-state index contributed by atoms with van der Waals surface area (Å²) in [4.78, 5) is 12.5. The van der Waals surface area contributed by atoms with Crippen molar-refractivity contribution in [2.75, 3.05) is 5.32 Å². The number of nitrogens with one attached hydrogen (secondary N) is 3. The van der Waals surface area contributed by atoms with Gasteiger partial charge in [-0.3, -0.25) is 4.79 Å². The molecule has 1 atom stereocenters. The standard InChI is InChI=1S/C18H17BrCl3N3OS/c1-10-7-8-11(2)14(9-10)23-17(27)25-16(18(20,21)22)24-15(26)12-5-3-4-6-13(12)19/h3-9,16H,1-2H3,(H,24,26)(H2,23,25,27). The molecular formula is C18H17BrCl3N3OS. The van der Waals surface area contributed by atoms with E-state index in [1.807, 2.05) is 32.0 Å². The first-order valence-corrected chi connectivity index (χ1v) is 10.2. The van der Waals surface area contributed by atoms with E-state index in [1.54, 1.807) is 24.3 Å². The normalized spacial score (nSPS) is 12.2. The van der Waals surface area contributed by atoms with Crippen LogP contribution in [0.25, 0.3) is 0 Å². The third-order valence-electron chi connectivity index (χ3n) is 3.64. The topological polar surface area (TPSA) is 53.2 Å². The molecule has 1 amide bonds. The number of hydrogen-bond acceptors (Lipinski definition) is 2. The third kappa shape index (κ3) is 6.50. The highest BCUT2D eigenvalue weighted by molar-refractivity contribution is 9.10. The number of rotatable bonds is 4. The minimum atomic E-state index is -1.83. The summed E-state index contributed by atoms with van der Waals surface area (Å²) in [6, 6.07) is 12.9. The first kappa shape index (κ1) is 22.2. The molecule has 144 valence electrons. The van der Waals surface area contributed by atoms with Crippen molar-refractivity contribution in [1.29, 1.82) is 0 Å². The first-order valence-electron chi connectivity index (χ1n) is 7.85. The van der Waals surface area contributed by atoms with Gasteiger partial charge < -0.3 is 16.0 Å². The molecule has 0 spiro atoms. The summed E-state index contributed by atoms with van der Waals surface area (Å²) in [5.74, 6) is -0.416. The van der Waals surface area contributed by atoms with Crippen molar-refractivity contribution in [1.82, 2.24) is 10.6 Å². The maximum absolute atomic E-state index is 12.5. The van der Waals surface area contributed by atoms with E-state index in [4.69, 9.17) is 47.0 Å². The van der Waals surface area contributed by atoms with Crippen LogP contribution in [0.1, 0.15) is 21.5 Å². The molecule has 0 saturated heterocycles. The number of halogens is 4. The second-order valence-corrected chi connectivity index (χ2v) is 9.48. The molecular weight excluding hydrogens is 493 g/mol. The predicted octanol–water partition coefficient (Wildman–Crippen LogP) is 5.48. The molecule has 0 aliphatic carbocycles. The molecule has 0 bridgehead atoms. The number of hydrogen-bond donors (Lipinski definition) is 3. The van der Waals surface area contributed by atoms with Crippen molar-refractivity contribution in [3.8, 4) is 0 Å². The predicted molar refractivity (Wildman–Crippen MR) is 121 cm³/mol. The Kier molecular flexibility index (Phi) is 7.77. The molecule has 0 aromatic heterocycles. The summed E-state index contributed by atoms with van der Waals surface area (Å²) >= 11 is 26.7. The zero-order valence-electron chi connectivity index (χ0n) is 14.4. The quantitative estimate of drug-likeness (QED) is 0.290. The molecule has 4 nitrogen and oxygen atoms in total. The average molecular weight is 510 g/mol. The zero-order chi connectivity index (χ0) is 20.2. The summed E-state index contributed by atoms with van der Waals surface area (Å²) in [7, 11) is 0. The SMILES string of the molecule is Cc1ccc(C)c(NC(=S)NC(NC(=O)c2ccccc2Br)C(Cl)(Cl)Cl)c1. The van der Waals surface area contributed by atoms with Crippen LogP contribution in [0.5, 0.6) is 0 Å². The van der Waals surface area contributed by atoms with Gasteiger partial charge in [-0.25, -0.2) is 0 Å². The fraction of sp³-hybridized carbons (Fsp3) is 0.222. The van der Waals surface area contributed by atoms with Crippen molar-refractivity contribution in [2.24, 2.45) is 0 Å². The van der Waals surface area contributed by atoms with E-state index in [0.29, 0.717) is 10.0 Å². The molecule has 0 radical (unpaired) electrons. The lowest BCUT2D eigenvalue weighted by Gasteiger charge is -2.28. The van der Waals surface area contributed by atoms with Gasteiger partial charge in [0.1, 0.15) is 6.17 Å². The van der Waals surface area contributed by atoms with Crippen molar-refractivity contribution in [2.45, 2.75) is 23.8 Å². The van der Waals surface area contributed by atoms with Crippen molar-refractivity contribution in [3.05, 3.63) is 63.6 Å².